The molecule has 1 aromatic rings. The van der Waals surface area contributed by atoms with Gasteiger partial charge < -0.3 is 15.0 Å². The molecule has 1 aliphatic rings. The molecule has 116 valence electrons. The molecular weight excluding hydrogens is 271 g/mol. The van der Waals surface area contributed by atoms with Crippen LogP contribution in [0.3, 0.4) is 0 Å². The van der Waals surface area contributed by atoms with E-state index in [0.717, 1.165) is 38.9 Å². The van der Waals surface area contributed by atoms with Gasteiger partial charge in [-0.3, -0.25) is 4.79 Å². The fourth-order valence-electron chi connectivity index (χ4n) is 2.74. The minimum atomic E-state index is -0.432. The molecule has 0 unspecified atom stereocenters. The van der Waals surface area contributed by atoms with Crippen molar-refractivity contribution >= 4 is 5.91 Å². The van der Waals surface area contributed by atoms with Crippen molar-refractivity contribution in [1.29, 1.82) is 0 Å². The van der Waals surface area contributed by atoms with E-state index in [0.29, 0.717) is 5.75 Å². The lowest BCUT2D eigenvalue weighted by atomic mass is 10.0. The Balaban J connectivity index is 1.95. The number of piperidine rings is 1. The number of nitrogens with one attached hydrogen (secondary N) is 1. The number of hydrogen-bond donors (Lipinski definition) is 1. The number of halogens is 1. The second-order valence-electron chi connectivity index (χ2n) is 5.43. The van der Waals surface area contributed by atoms with Crippen LogP contribution in [0.4, 0.5) is 4.39 Å². The monoisotopic (exact) mass is 294 g/mol. The Morgan fingerprint density at radius 3 is 2.76 bits per heavy atom. The predicted octanol–water partition coefficient (Wildman–Crippen LogP) is 2.44. The standard InChI is InChI=1S/C16H23FN2O2/c1-3-8-19-9-6-13(7-10-19)18-16(20)14-11-12(17)4-5-15(14)21-2/h4-5,11,13H,3,6-10H2,1-2H3,(H,18,20). The van der Waals surface area contributed by atoms with Gasteiger partial charge in [-0.15, -0.1) is 0 Å². The summed E-state index contributed by atoms with van der Waals surface area (Å²) in [6.45, 7) is 5.28. The van der Waals surface area contributed by atoms with Crippen LogP contribution in [0.1, 0.15) is 36.5 Å². The summed E-state index contributed by atoms with van der Waals surface area (Å²) in [6.07, 6.45) is 3.02. The van der Waals surface area contributed by atoms with Crippen molar-refractivity contribution in [1.82, 2.24) is 10.2 Å². The molecule has 1 N–H and O–H groups in total. The first-order valence-corrected chi connectivity index (χ1v) is 7.50. The van der Waals surface area contributed by atoms with E-state index in [1.54, 1.807) is 0 Å². The van der Waals surface area contributed by atoms with Gasteiger partial charge in [0.05, 0.1) is 12.7 Å². The first-order valence-electron chi connectivity index (χ1n) is 7.50. The molecular formula is C16H23FN2O2. The van der Waals surface area contributed by atoms with Gasteiger partial charge in [0.15, 0.2) is 0 Å². The van der Waals surface area contributed by atoms with Crippen LogP contribution in [0.15, 0.2) is 18.2 Å². The highest BCUT2D eigenvalue weighted by atomic mass is 19.1. The first kappa shape index (κ1) is 15.8. The van der Waals surface area contributed by atoms with Crippen molar-refractivity contribution in [2.24, 2.45) is 0 Å². The van der Waals surface area contributed by atoms with Crippen LogP contribution in [-0.4, -0.2) is 43.6 Å². The third kappa shape index (κ3) is 4.17. The minimum Gasteiger partial charge on any atom is -0.496 e. The van der Waals surface area contributed by atoms with Crippen molar-refractivity contribution in [3.63, 3.8) is 0 Å². The van der Waals surface area contributed by atoms with E-state index in [1.165, 1.54) is 25.3 Å². The molecule has 1 aliphatic heterocycles. The summed E-state index contributed by atoms with van der Waals surface area (Å²) in [5.74, 6) is -0.295. The number of methoxy groups -OCH3 is 1. The quantitative estimate of drug-likeness (QED) is 0.907. The van der Waals surface area contributed by atoms with Crippen LogP contribution in [0.5, 0.6) is 5.75 Å². The Morgan fingerprint density at radius 1 is 1.43 bits per heavy atom. The van der Waals surface area contributed by atoms with Gasteiger partial charge in [0.2, 0.25) is 0 Å². The second kappa shape index (κ2) is 7.41. The lowest BCUT2D eigenvalue weighted by Crippen LogP contribution is -2.44. The summed E-state index contributed by atoms with van der Waals surface area (Å²) in [4.78, 5) is 14.7. The molecule has 1 fully saturated rings. The summed E-state index contributed by atoms with van der Waals surface area (Å²) in [6, 6.07) is 4.14. The third-order valence-electron chi connectivity index (χ3n) is 3.87. The smallest absolute Gasteiger partial charge is 0.255 e. The topological polar surface area (TPSA) is 41.6 Å². The van der Waals surface area contributed by atoms with Gasteiger partial charge in [-0.2, -0.15) is 0 Å². The van der Waals surface area contributed by atoms with Crippen LogP contribution >= 0.6 is 0 Å². The molecule has 21 heavy (non-hydrogen) atoms. The molecule has 0 saturated carbocycles. The van der Waals surface area contributed by atoms with Crippen LogP contribution in [0.25, 0.3) is 0 Å². The van der Waals surface area contributed by atoms with Crippen molar-refractivity contribution in [3.05, 3.63) is 29.6 Å². The molecule has 0 spiro atoms. The molecule has 0 radical (unpaired) electrons. The molecule has 1 saturated heterocycles. The van der Waals surface area contributed by atoms with Crippen molar-refractivity contribution in [2.75, 3.05) is 26.7 Å². The Bertz CT molecular complexity index is 485. The maximum atomic E-state index is 13.3. The normalized spacial score (nSPS) is 16.7. The number of amides is 1. The average molecular weight is 294 g/mol. The van der Waals surface area contributed by atoms with Crippen LogP contribution < -0.4 is 10.1 Å². The number of benzene rings is 1. The average Bonchev–Trinajstić information content (AvgIpc) is 2.49. The molecule has 0 atom stereocenters. The molecule has 0 bridgehead atoms. The SMILES string of the molecule is CCCN1CCC(NC(=O)c2cc(F)ccc2OC)CC1. The largest absolute Gasteiger partial charge is 0.496 e. The maximum Gasteiger partial charge on any atom is 0.255 e. The van der Waals surface area contributed by atoms with Crippen LogP contribution in [-0.2, 0) is 0 Å². The van der Waals surface area contributed by atoms with Crippen molar-refractivity contribution in [2.45, 2.75) is 32.2 Å². The van der Waals surface area contributed by atoms with E-state index in [1.807, 2.05) is 0 Å². The summed E-state index contributed by atoms with van der Waals surface area (Å²) < 4.78 is 18.4. The van der Waals surface area contributed by atoms with Gasteiger partial charge in [-0.25, -0.2) is 4.39 Å². The lowest BCUT2D eigenvalue weighted by molar-refractivity contribution is 0.0907. The molecule has 1 amide bonds. The van der Waals surface area contributed by atoms with Crippen molar-refractivity contribution in [3.8, 4) is 5.75 Å². The minimum absolute atomic E-state index is 0.151. The van der Waals surface area contributed by atoms with E-state index >= 15 is 0 Å². The molecule has 1 aromatic carbocycles. The van der Waals surface area contributed by atoms with E-state index in [9.17, 15) is 9.18 Å². The second-order valence-corrected chi connectivity index (χ2v) is 5.43. The number of nitrogens with zero attached hydrogens (tertiary/aromatic N) is 1. The summed E-state index contributed by atoms with van der Waals surface area (Å²) in [5, 5.41) is 2.99. The highest BCUT2D eigenvalue weighted by molar-refractivity contribution is 5.97. The zero-order valence-corrected chi connectivity index (χ0v) is 12.7. The predicted molar refractivity (Wildman–Crippen MR) is 80.2 cm³/mol. The van der Waals surface area contributed by atoms with Crippen LogP contribution in [0.2, 0.25) is 0 Å². The van der Waals surface area contributed by atoms with Gasteiger partial charge in [-0.05, 0) is 44.0 Å². The zero-order valence-electron chi connectivity index (χ0n) is 12.7. The van der Waals surface area contributed by atoms with Gasteiger partial charge in [0, 0.05) is 19.1 Å². The number of hydrogen-bond acceptors (Lipinski definition) is 3. The molecule has 5 heteroatoms. The fourth-order valence-corrected chi connectivity index (χ4v) is 2.74. The number of likely N-dealkylation sites (tertiary alicyclic amines) is 1. The summed E-state index contributed by atoms with van der Waals surface area (Å²) in [5.41, 5.74) is 0.258. The zero-order chi connectivity index (χ0) is 15.2. The molecule has 2 rings (SSSR count). The van der Waals surface area contributed by atoms with E-state index in [4.69, 9.17) is 4.74 Å². The summed E-state index contributed by atoms with van der Waals surface area (Å²) in [7, 11) is 1.48. The highest BCUT2D eigenvalue weighted by Gasteiger charge is 2.22. The van der Waals surface area contributed by atoms with Crippen LogP contribution in [0, 0.1) is 5.82 Å². The number of carbonyl (C=O) groups excluding carboxylic acids is 1. The maximum absolute atomic E-state index is 13.3. The molecule has 1 heterocycles. The van der Waals surface area contributed by atoms with Crippen molar-refractivity contribution < 1.29 is 13.9 Å². The number of ether oxygens (including phenoxy) is 1. The molecule has 4 nitrogen and oxygen atoms in total. The van der Waals surface area contributed by atoms with E-state index < -0.39 is 5.82 Å². The summed E-state index contributed by atoms with van der Waals surface area (Å²) >= 11 is 0. The molecule has 0 aliphatic carbocycles. The van der Waals surface area contributed by atoms with Gasteiger partial charge in [-0.1, -0.05) is 6.92 Å². The number of rotatable bonds is 5. The Hall–Kier alpha value is -1.62. The van der Waals surface area contributed by atoms with Gasteiger partial charge in [0.25, 0.3) is 5.91 Å². The fraction of sp³-hybridized carbons (Fsp3) is 0.562. The highest BCUT2D eigenvalue weighted by Crippen LogP contribution is 2.20. The number of carbonyl (C=O) groups is 1. The third-order valence-corrected chi connectivity index (χ3v) is 3.87. The van der Waals surface area contributed by atoms with Gasteiger partial charge in [0.1, 0.15) is 11.6 Å². The Labute approximate surface area is 125 Å². The Morgan fingerprint density at radius 2 is 2.14 bits per heavy atom. The van der Waals surface area contributed by atoms with E-state index in [2.05, 4.69) is 17.1 Å². The lowest BCUT2D eigenvalue weighted by Gasteiger charge is -2.32. The molecule has 0 aromatic heterocycles. The Kier molecular flexibility index (Phi) is 5.56. The van der Waals surface area contributed by atoms with E-state index in [-0.39, 0.29) is 17.5 Å². The van der Waals surface area contributed by atoms with Gasteiger partial charge >= 0.3 is 0 Å². The first-order chi connectivity index (χ1) is 10.1.